The van der Waals surface area contributed by atoms with Crippen LogP contribution in [0.5, 0.6) is 5.75 Å². The SMILES string of the molecule is CC1(C)CC(=O)C2=C(C1)OC(N)=C(C#N)C2c1ccc(COc2ccc(Br)cc2)o1. The smallest absolute Gasteiger partial charge is 0.205 e. The molecule has 1 aliphatic heterocycles. The number of nitrogens with two attached hydrogens (primary N) is 1. The Labute approximate surface area is 183 Å². The standard InChI is InChI=1S/C23H21BrN2O4/c1-23(2)9-17(27)21-19(10-23)30-22(26)16(11-25)20(21)18-8-7-15(29-18)12-28-14-5-3-13(24)4-6-14/h3-8,20H,9-10,12,26H2,1-2H3. The van der Waals surface area contributed by atoms with Crippen molar-refractivity contribution in [2.75, 3.05) is 0 Å². The Kier molecular flexibility index (Phi) is 5.20. The van der Waals surface area contributed by atoms with Gasteiger partial charge in [-0.1, -0.05) is 29.8 Å². The van der Waals surface area contributed by atoms with Crippen molar-refractivity contribution in [3.8, 4) is 11.8 Å². The van der Waals surface area contributed by atoms with Crippen molar-refractivity contribution in [1.29, 1.82) is 5.26 Å². The van der Waals surface area contributed by atoms with Crippen LogP contribution in [0.15, 0.2) is 68.1 Å². The maximum absolute atomic E-state index is 13.0. The predicted molar refractivity (Wildman–Crippen MR) is 113 cm³/mol. The fourth-order valence-electron chi connectivity index (χ4n) is 3.88. The van der Waals surface area contributed by atoms with Gasteiger partial charge in [-0.2, -0.15) is 5.26 Å². The summed E-state index contributed by atoms with van der Waals surface area (Å²) >= 11 is 3.39. The van der Waals surface area contributed by atoms with Crippen molar-refractivity contribution in [3.05, 3.63) is 75.2 Å². The maximum Gasteiger partial charge on any atom is 0.205 e. The summed E-state index contributed by atoms with van der Waals surface area (Å²) in [6.45, 7) is 4.24. The Balaban J connectivity index is 1.63. The van der Waals surface area contributed by atoms with Crippen LogP contribution in [-0.4, -0.2) is 5.78 Å². The molecule has 0 fully saturated rings. The van der Waals surface area contributed by atoms with Crippen LogP contribution in [0.2, 0.25) is 0 Å². The summed E-state index contributed by atoms with van der Waals surface area (Å²) < 4.78 is 18.4. The van der Waals surface area contributed by atoms with Gasteiger partial charge in [0.25, 0.3) is 0 Å². The van der Waals surface area contributed by atoms with Gasteiger partial charge < -0.3 is 19.6 Å². The Hall–Kier alpha value is -2.98. The van der Waals surface area contributed by atoms with Crippen molar-refractivity contribution in [2.45, 2.75) is 39.2 Å². The average molecular weight is 469 g/mol. The summed E-state index contributed by atoms with van der Waals surface area (Å²) in [4.78, 5) is 13.0. The molecule has 0 saturated heterocycles. The molecule has 6 nitrogen and oxygen atoms in total. The number of carbonyl (C=O) groups excluding carboxylic acids is 1. The van der Waals surface area contributed by atoms with Gasteiger partial charge in [-0.3, -0.25) is 4.79 Å². The number of hydrogen-bond acceptors (Lipinski definition) is 6. The van der Waals surface area contributed by atoms with E-state index in [4.69, 9.17) is 19.6 Å². The molecule has 0 spiro atoms. The van der Waals surface area contributed by atoms with Crippen LogP contribution in [0.25, 0.3) is 0 Å². The zero-order valence-electron chi connectivity index (χ0n) is 16.7. The van der Waals surface area contributed by atoms with Crippen molar-refractivity contribution in [1.82, 2.24) is 0 Å². The van der Waals surface area contributed by atoms with Crippen LogP contribution >= 0.6 is 15.9 Å². The van der Waals surface area contributed by atoms with Crippen molar-refractivity contribution in [3.63, 3.8) is 0 Å². The number of benzene rings is 1. The van der Waals surface area contributed by atoms with Gasteiger partial charge in [0.2, 0.25) is 5.88 Å². The molecule has 0 bridgehead atoms. The van der Waals surface area contributed by atoms with E-state index in [2.05, 4.69) is 22.0 Å². The van der Waals surface area contributed by atoms with Crippen LogP contribution < -0.4 is 10.5 Å². The topological polar surface area (TPSA) is 98.5 Å². The first-order chi connectivity index (χ1) is 14.3. The molecule has 1 aromatic carbocycles. The van der Waals surface area contributed by atoms with E-state index in [-0.39, 0.29) is 29.3 Å². The lowest BCUT2D eigenvalue weighted by Crippen LogP contribution is -2.33. The third-order valence-electron chi connectivity index (χ3n) is 5.24. The van der Waals surface area contributed by atoms with Crippen LogP contribution in [0.1, 0.15) is 44.1 Å². The first-order valence-electron chi connectivity index (χ1n) is 9.58. The third-order valence-corrected chi connectivity index (χ3v) is 5.77. The summed E-state index contributed by atoms with van der Waals surface area (Å²) in [5, 5.41) is 9.68. The molecule has 2 heterocycles. The lowest BCUT2D eigenvalue weighted by atomic mass is 9.71. The number of carbonyl (C=O) groups is 1. The number of Topliss-reactive ketones (excluding diaryl/α,β-unsaturated/α-hetero) is 1. The summed E-state index contributed by atoms with van der Waals surface area (Å²) in [7, 11) is 0. The number of nitrogens with zero attached hydrogens (tertiary/aromatic N) is 1. The number of ether oxygens (including phenoxy) is 2. The van der Waals surface area contributed by atoms with Gasteiger partial charge >= 0.3 is 0 Å². The molecule has 2 N–H and O–H groups in total. The van der Waals surface area contributed by atoms with Crippen LogP contribution in [0.4, 0.5) is 0 Å². The molecule has 1 aromatic heterocycles. The average Bonchev–Trinajstić information content (AvgIpc) is 3.14. The van der Waals surface area contributed by atoms with Crippen LogP contribution in [0, 0.1) is 16.7 Å². The Morgan fingerprint density at radius 2 is 1.97 bits per heavy atom. The van der Waals surface area contributed by atoms with Crippen molar-refractivity contribution >= 4 is 21.7 Å². The van der Waals surface area contributed by atoms with Gasteiger partial charge in [-0.05, 0) is 41.8 Å². The number of halogens is 1. The number of rotatable bonds is 4. The third kappa shape index (κ3) is 3.88. The maximum atomic E-state index is 13.0. The van der Waals surface area contributed by atoms with Crippen molar-refractivity contribution in [2.24, 2.45) is 11.1 Å². The van der Waals surface area contributed by atoms with E-state index >= 15 is 0 Å². The normalized spacial score (nSPS) is 20.5. The highest BCUT2D eigenvalue weighted by Crippen LogP contribution is 2.48. The van der Waals surface area contributed by atoms with E-state index < -0.39 is 5.92 Å². The molecule has 0 saturated carbocycles. The van der Waals surface area contributed by atoms with Crippen LogP contribution in [0.3, 0.4) is 0 Å². The molecule has 30 heavy (non-hydrogen) atoms. The number of hydrogen-bond donors (Lipinski definition) is 1. The van der Waals surface area contributed by atoms with Crippen LogP contribution in [-0.2, 0) is 16.1 Å². The van der Waals surface area contributed by atoms with Gasteiger partial charge in [0.1, 0.15) is 41.3 Å². The largest absolute Gasteiger partial charge is 0.486 e. The second kappa shape index (κ2) is 7.69. The van der Waals surface area contributed by atoms with Gasteiger partial charge in [0.15, 0.2) is 5.78 Å². The second-order valence-corrected chi connectivity index (χ2v) is 9.16. The minimum absolute atomic E-state index is 0.0239. The first kappa shape index (κ1) is 20.3. The lowest BCUT2D eigenvalue weighted by molar-refractivity contribution is -0.119. The molecular formula is C23H21BrN2O4. The molecule has 1 aliphatic carbocycles. The highest BCUT2D eigenvalue weighted by Gasteiger charge is 2.44. The van der Waals surface area contributed by atoms with E-state index in [9.17, 15) is 10.1 Å². The van der Waals surface area contributed by atoms with Gasteiger partial charge in [-0.25, -0.2) is 0 Å². The first-order valence-corrected chi connectivity index (χ1v) is 10.4. The summed E-state index contributed by atoms with van der Waals surface area (Å²) in [5.41, 5.74) is 6.47. The molecule has 2 aliphatic rings. The quantitative estimate of drug-likeness (QED) is 0.671. The van der Waals surface area contributed by atoms with E-state index in [0.717, 1.165) is 4.47 Å². The Morgan fingerprint density at radius 3 is 2.67 bits per heavy atom. The number of nitriles is 1. The zero-order chi connectivity index (χ0) is 21.5. The molecule has 2 aromatic rings. The molecule has 1 atom stereocenters. The highest BCUT2D eigenvalue weighted by atomic mass is 79.9. The summed E-state index contributed by atoms with van der Waals surface area (Å²) in [5.74, 6) is 1.62. The number of allylic oxidation sites excluding steroid dienone is 3. The number of furan rings is 1. The van der Waals surface area contributed by atoms with E-state index in [1.165, 1.54) is 0 Å². The van der Waals surface area contributed by atoms with Gasteiger partial charge in [0.05, 0.1) is 5.92 Å². The molecule has 7 heteroatoms. The molecule has 0 radical (unpaired) electrons. The minimum atomic E-state index is -0.663. The molecule has 154 valence electrons. The van der Waals surface area contributed by atoms with Gasteiger partial charge in [0, 0.05) is 22.9 Å². The predicted octanol–water partition coefficient (Wildman–Crippen LogP) is 5.07. The monoisotopic (exact) mass is 468 g/mol. The Morgan fingerprint density at radius 1 is 1.23 bits per heavy atom. The highest BCUT2D eigenvalue weighted by molar-refractivity contribution is 9.10. The summed E-state index contributed by atoms with van der Waals surface area (Å²) in [6, 6.07) is 13.1. The second-order valence-electron chi connectivity index (χ2n) is 8.25. The summed E-state index contributed by atoms with van der Waals surface area (Å²) in [6.07, 6.45) is 0.953. The molecule has 0 amide bonds. The van der Waals surface area contributed by atoms with Crippen molar-refractivity contribution < 1.29 is 18.7 Å². The van der Waals surface area contributed by atoms with E-state index in [0.29, 0.717) is 41.4 Å². The minimum Gasteiger partial charge on any atom is -0.486 e. The lowest BCUT2D eigenvalue weighted by Gasteiger charge is -2.36. The molecule has 4 rings (SSSR count). The van der Waals surface area contributed by atoms with E-state index in [1.807, 2.05) is 38.1 Å². The molecule has 1 unspecified atom stereocenters. The van der Waals surface area contributed by atoms with Gasteiger partial charge in [-0.15, -0.1) is 0 Å². The Bertz CT molecular complexity index is 1100. The number of ketones is 1. The fourth-order valence-corrected chi connectivity index (χ4v) is 4.15. The molecular weight excluding hydrogens is 448 g/mol. The zero-order valence-corrected chi connectivity index (χ0v) is 18.3. The van der Waals surface area contributed by atoms with E-state index in [1.54, 1.807) is 12.1 Å². The fraction of sp³-hybridized carbons (Fsp3) is 0.304.